The maximum absolute atomic E-state index is 11.7. The second kappa shape index (κ2) is 5.47. The Kier molecular flexibility index (Phi) is 3.74. The molecule has 0 N–H and O–H groups in total. The molecule has 0 saturated carbocycles. The van der Waals surface area contributed by atoms with E-state index >= 15 is 0 Å². The van der Waals surface area contributed by atoms with Crippen LogP contribution in [0.25, 0.3) is 0 Å². The van der Waals surface area contributed by atoms with Crippen molar-refractivity contribution in [2.45, 2.75) is 20.4 Å². The van der Waals surface area contributed by atoms with E-state index < -0.39 is 5.97 Å². The minimum Gasteiger partial charge on any atom is -0.457 e. The summed E-state index contributed by atoms with van der Waals surface area (Å²) in [6.45, 7) is 7.57. The number of aromatic nitrogens is 4. The number of carbonyl (C=O) groups is 1. The van der Waals surface area contributed by atoms with Gasteiger partial charge in [-0.05, 0) is 13.8 Å². The van der Waals surface area contributed by atoms with E-state index in [9.17, 15) is 4.79 Å². The van der Waals surface area contributed by atoms with Gasteiger partial charge in [-0.25, -0.2) is 9.48 Å². The predicted molar refractivity (Wildman–Crippen MR) is 65.6 cm³/mol. The fraction of sp³-hybridized carbons (Fsp3) is 0.333. The van der Waals surface area contributed by atoms with E-state index in [1.54, 1.807) is 17.7 Å². The predicted octanol–water partition coefficient (Wildman–Crippen LogP) is 1.27. The molecular weight excluding hydrogens is 248 g/mol. The minimum atomic E-state index is -0.514. The van der Waals surface area contributed by atoms with Gasteiger partial charge in [-0.2, -0.15) is 0 Å². The second-order valence-corrected chi connectivity index (χ2v) is 4.00. The van der Waals surface area contributed by atoms with Crippen LogP contribution in [0.5, 0.6) is 0 Å². The van der Waals surface area contributed by atoms with Crippen molar-refractivity contribution in [2.75, 3.05) is 6.61 Å². The number of aryl methyl sites for hydroxylation is 1. The molecule has 19 heavy (non-hydrogen) atoms. The SMILES string of the molecule is C=CCOC(=O)c1nnn(Cc2cc(C)on2)c1C. The van der Waals surface area contributed by atoms with E-state index in [1.165, 1.54) is 6.08 Å². The van der Waals surface area contributed by atoms with Crippen molar-refractivity contribution in [3.05, 3.63) is 41.6 Å². The number of hydrogen-bond acceptors (Lipinski definition) is 6. The second-order valence-electron chi connectivity index (χ2n) is 4.00. The third kappa shape index (κ3) is 2.87. The van der Waals surface area contributed by atoms with E-state index in [1.807, 2.05) is 6.92 Å². The standard InChI is InChI=1S/C12H14N4O3/c1-4-5-18-12(17)11-9(3)16(15-13-11)7-10-6-8(2)19-14-10/h4,6H,1,5,7H2,2-3H3. The molecule has 0 bridgehead atoms. The van der Waals surface area contributed by atoms with Gasteiger partial charge in [0.05, 0.1) is 12.2 Å². The normalized spacial score (nSPS) is 10.4. The fourth-order valence-corrected chi connectivity index (χ4v) is 1.55. The van der Waals surface area contributed by atoms with Crippen LogP contribution in [-0.2, 0) is 11.3 Å². The molecule has 0 radical (unpaired) electrons. The summed E-state index contributed by atoms with van der Waals surface area (Å²) in [5.41, 5.74) is 1.54. The van der Waals surface area contributed by atoms with Gasteiger partial charge in [-0.3, -0.25) is 0 Å². The first-order chi connectivity index (χ1) is 9.11. The maximum Gasteiger partial charge on any atom is 0.361 e. The lowest BCUT2D eigenvalue weighted by Crippen LogP contribution is -2.09. The number of carbonyl (C=O) groups excluding carboxylic acids is 1. The molecule has 0 aromatic carbocycles. The van der Waals surface area contributed by atoms with E-state index in [0.717, 1.165) is 11.5 Å². The summed E-state index contributed by atoms with van der Waals surface area (Å²) < 4.78 is 11.5. The molecule has 2 heterocycles. The molecule has 0 atom stereocenters. The molecule has 0 spiro atoms. The Morgan fingerprint density at radius 2 is 2.37 bits per heavy atom. The van der Waals surface area contributed by atoms with Crippen LogP contribution in [0.15, 0.2) is 23.2 Å². The Balaban J connectivity index is 2.13. The average molecular weight is 262 g/mol. The van der Waals surface area contributed by atoms with Gasteiger partial charge >= 0.3 is 5.97 Å². The number of ether oxygens (including phenoxy) is 1. The van der Waals surface area contributed by atoms with Crippen molar-refractivity contribution >= 4 is 5.97 Å². The summed E-state index contributed by atoms with van der Waals surface area (Å²) >= 11 is 0. The molecule has 7 heteroatoms. The van der Waals surface area contributed by atoms with Gasteiger partial charge in [0.15, 0.2) is 5.69 Å². The molecule has 0 aliphatic heterocycles. The van der Waals surface area contributed by atoms with Crippen molar-refractivity contribution in [3.63, 3.8) is 0 Å². The van der Waals surface area contributed by atoms with Crippen molar-refractivity contribution in [3.8, 4) is 0 Å². The Morgan fingerprint density at radius 1 is 1.58 bits per heavy atom. The van der Waals surface area contributed by atoms with Crippen LogP contribution in [0.3, 0.4) is 0 Å². The molecular formula is C12H14N4O3. The molecule has 0 amide bonds. The average Bonchev–Trinajstić information content (AvgIpc) is 2.95. The minimum absolute atomic E-state index is 0.146. The number of rotatable bonds is 5. The number of nitrogens with zero attached hydrogens (tertiary/aromatic N) is 4. The first kappa shape index (κ1) is 13.0. The summed E-state index contributed by atoms with van der Waals surface area (Å²) in [7, 11) is 0. The van der Waals surface area contributed by atoms with Crippen molar-refractivity contribution in [1.82, 2.24) is 20.2 Å². The van der Waals surface area contributed by atoms with Gasteiger partial charge < -0.3 is 9.26 Å². The summed E-state index contributed by atoms with van der Waals surface area (Å²) in [5.74, 6) is 0.207. The van der Waals surface area contributed by atoms with E-state index in [4.69, 9.17) is 9.26 Å². The third-order valence-electron chi connectivity index (χ3n) is 2.50. The van der Waals surface area contributed by atoms with E-state index in [-0.39, 0.29) is 12.3 Å². The van der Waals surface area contributed by atoms with Gasteiger partial charge in [0, 0.05) is 6.07 Å². The van der Waals surface area contributed by atoms with Crippen LogP contribution in [0.2, 0.25) is 0 Å². The molecule has 2 aromatic heterocycles. The van der Waals surface area contributed by atoms with Crippen LogP contribution in [0.4, 0.5) is 0 Å². The van der Waals surface area contributed by atoms with Gasteiger partial charge in [0.2, 0.25) is 0 Å². The maximum atomic E-state index is 11.7. The quantitative estimate of drug-likeness (QED) is 0.596. The van der Waals surface area contributed by atoms with E-state index in [0.29, 0.717) is 12.2 Å². The fourth-order valence-electron chi connectivity index (χ4n) is 1.55. The summed E-state index contributed by atoms with van der Waals surface area (Å²) in [6, 6.07) is 1.80. The highest BCUT2D eigenvalue weighted by Crippen LogP contribution is 2.09. The van der Waals surface area contributed by atoms with Crippen LogP contribution < -0.4 is 0 Å². The van der Waals surface area contributed by atoms with Gasteiger partial charge in [-0.1, -0.05) is 23.0 Å². The van der Waals surface area contributed by atoms with Crippen LogP contribution in [0, 0.1) is 13.8 Å². The Labute approximate surface area is 109 Å². The summed E-state index contributed by atoms with van der Waals surface area (Å²) in [6.07, 6.45) is 1.50. The zero-order valence-corrected chi connectivity index (χ0v) is 10.8. The van der Waals surface area contributed by atoms with Crippen molar-refractivity contribution in [2.24, 2.45) is 0 Å². The van der Waals surface area contributed by atoms with Gasteiger partial charge in [-0.15, -0.1) is 5.10 Å². The first-order valence-electron chi connectivity index (χ1n) is 5.72. The Hall–Kier alpha value is -2.44. The molecule has 0 unspecified atom stereocenters. The largest absolute Gasteiger partial charge is 0.457 e. The molecule has 100 valence electrons. The molecule has 0 saturated heterocycles. The highest BCUT2D eigenvalue weighted by atomic mass is 16.5. The summed E-state index contributed by atoms with van der Waals surface area (Å²) in [5, 5.41) is 11.6. The molecule has 0 aliphatic carbocycles. The highest BCUT2D eigenvalue weighted by Gasteiger charge is 2.18. The number of hydrogen-bond donors (Lipinski definition) is 0. The van der Waals surface area contributed by atoms with Crippen LogP contribution in [-0.4, -0.2) is 32.7 Å². The van der Waals surface area contributed by atoms with E-state index in [2.05, 4.69) is 22.0 Å². The topological polar surface area (TPSA) is 83.0 Å². The molecule has 2 rings (SSSR count). The Morgan fingerprint density at radius 3 is 3.00 bits per heavy atom. The third-order valence-corrected chi connectivity index (χ3v) is 2.50. The lowest BCUT2D eigenvalue weighted by Gasteiger charge is -2.01. The lowest BCUT2D eigenvalue weighted by atomic mass is 10.3. The molecule has 0 aliphatic rings. The van der Waals surface area contributed by atoms with Gasteiger partial charge in [0.25, 0.3) is 0 Å². The Bertz CT molecular complexity index is 600. The molecule has 7 nitrogen and oxygen atoms in total. The smallest absolute Gasteiger partial charge is 0.361 e. The molecule has 0 fully saturated rings. The monoisotopic (exact) mass is 262 g/mol. The first-order valence-corrected chi connectivity index (χ1v) is 5.72. The highest BCUT2D eigenvalue weighted by molar-refractivity contribution is 5.88. The van der Waals surface area contributed by atoms with Gasteiger partial charge in [0.1, 0.15) is 18.1 Å². The number of esters is 1. The van der Waals surface area contributed by atoms with Crippen LogP contribution >= 0.6 is 0 Å². The van der Waals surface area contributed by atoms with Crippen molar-refractivity contribution in [1.29, 1.82) is 0 Å². The lowest BCUT2D eigenvalue weighted by molar-refractivity contribution is 0.0542. The summed E-state index contributed by atoms with van der Waals surface area (Å²) in [4.78, 5) is 11.7. The zero-order valence-electron chi connectivity index (χ0n) is 10.8. The molecule has 2 aromatic rings. The zero-order chi connectivity index (χ0) is 13.8. The van der Waals surface area contributed by atoms with Crippen molar-refractivity contribution < 1.29 is 14.1 Å². The van der Waals surface area contributed by atoms with Crippen LogP contribution in [0.1, 0.15) is 27.6 Å².